The van der Waals surface area contributed by atoms with Crippen molar-refractivity contribution in [1.29, 1.82) is 0 Å². The molecule has 9 aromatic rings. The van der Waals surface area contributed by atoms with Gasteiger partial charge in [0.15, 0.2) is 23.2 Å². The molecule has 1 aromatic heterocycles. The molecule has 0 fully saturated rings. The second kappa shape index (κ2) is 14.6. The van der Waals surface area contributed by atoms with Gasteiger partial charge in [-0.05, 0) is 69.8 Å². The van der Waals surface area contributed by atoms with Crippen molar-refractivity contribution < 1.29 is 4.74 Å². The van der Waals surface area contributed by atoms with Crippen LogP contribution >= 0.6 is 0 Å². The van der Waals surface area contributed by atoms with Crippen molar-refractivity contribution in [2.75, 3.05) is 0 Å². The molecule has 0 saturated carbocycles. The molecule has 1 aliphatic rings. The lowest BCUT2D eigenvalue weighted by molar-refractivity contribution is 0.434. The zero-order valence-corrected chi connectivity index (χ0v) is 31.3. The smallest absolute Gasteiger partial charge is 0.187 e. The third kappa shape index (κ3) is 6.10. The van der Waals surface area contributed by atoms with E-state index in [1.54, 1.807) is 0 Å². The molecule has 0 N–H and O–H groups in total. The molecule has 0 spiro atoms. The van der Waals surface area contributed by atoms with E-state index in [2.05, 4.69) is 132 Å². The third-order valence-corrected chi connectivity index (χ3v) is 10.9. The zero-order valence-electron chi connectivity index (χ0n) is 31.3. The van der Waals surface area contributed by atoms with Gasteiger partial charge in [-0.15, -0.1) is 0 Å². The highest BCUT2D eigenvalue weighted by Crippen LogP contribution is 2.55. The Morgan fingerprint density at radius 2 is 0.810 bits per heavy atom. The highest BCUT2D eigenvalue weighted by molar-refractivity contribution is 5.78. The highest BCUT2D eigenvalue weighted by Gasteiger charge is 2.45. The van der Waals surface area contributed by atoms with Gasteiger partial charge in [-0.1, -0.05) is 170 Å². The average Bonchev–Trinajstić information content (AvgIpc) is 3.31. The Bertz CT molecular complexity index is 2950. The first kappa shape index (κ1) is 34.5. The first-order chi connectivity index (χ1) is 28.7. The van der Waals surface area contributed by atoms with E-state index in [4.69, 9.17) is 26.3 Å². The van der Waals surface area contributed by atoms with E-state index in [1.807, 2.05) is 78.9 Å². The van der Waals surface area contributed by atoms with E-state index in [-0.39, 0.29) is 0 Å². The third-order valence-electron chi connectivity index (χ3n) is 10.9. The molecular weight excluding hydrogens is 709 g/mol. The van der Waals surface area contributed by atoms with Gasteiger partial charge in [0.2, 0.25) is 0 Å². The summed E-state index contributed by atoms with van der Waals surface area (Å²) in [5.74, 6) is 3.40. The lowest BCUT2D eigenvalue weighted by Gasteiger charge is -2.41. The number of aromatic nitrogens is 3. The summed E-state index contributed by atoms with van der Waals surface area (Å²) in [5, 5.41) is 0. The maximum Gasteiger partial charge on any atom is 0.187 e. The number of benzene rings is 8. The maximum atomic E-state index is 7.51. The van der Waals surface area contributed by atoms with Crippen molar-refractivity contribution in [1.82, 2.24) is 15.0 Å². The van der Waals surface area contributed by atoms with Gasteiger partial charge in [-0.3, -0.25) is 0 Å². The molecule has 2 heterocycles. The molecule has 5 nitrogen and oxygen atoms in total. The minimum Gasteiger partial charge on any atom is -0.457 e. The Hall–Kier alpha value is -7.94. The van der Waals surface area contributed by atoms with Crippen molar-refractivity contribution in [3.8, 4) is 67.9 Å². The molecule has 0 unspecified atom stereocenters. The van der Waals surface area contributed by atoms with Gasteiger partial charge >= 0.3 is 0 Å². The summed E-state index contributed by atoms with van der Waals surface area (Å²) in [6.45, 7) is 7.51. The number of hydrogen-bond donors (Lipinski definition) is 0. The molecule has 0 saturated heterocycles. The lowest BCUT2D eigenvalue weighted by atomic mass is 9.63. The van der Waals surface area contributed by atoms with Crippen LogP contribution in [0.2, 0.25) is 0 Å². The van der Waals surface area contributed by atoms with Crippen LogP contribution in [0.4, 0.5) is 5.69 Å². The second-order valence-corrected chi connectivity index (χ2v) is 14.3. The van der Waals surface area contributed by atoms with Crippen molar-refractivity contribution in [3.63, 3.8) is 0 Å². The minimum atomic E-state index is -0.625. The molecule has 272 valence electrons. The monoisotopic (exact) mass is 742 g/mol. The molecule has 0 atom stereocenters. The largest absolute Gasteiger partial charge is 0.457 e. The van der Waals surface area contributed by atoms with E-state index in [0.717, 1.165) is 61.6 Å². The van der Waals surface area contributed by atoms with Gasteiger partial charge in [0, 0.05) is 27.8 Å². The van der Waals surface area contributed by atoms with Crippen molar-refractivity contribution in [2.24, 2.45) is 0 Å². The van der Waals surface area contributed by atoms with Gasteiger partial charge in [0.05, 0.1) is 12.0 Å². The van der Waals surface area contributed by atoms with Gasteiger partial charge < -0.3 is 4.74 Å². The van der Waals surface area contributed by atoms with Crippen LogP contribution in [0.5, 0.6) is 11.5 Å². The quantitative estimate of drug-likeness (QED) is 0.153. The van der Waals surface area contributed by atoms with Gasteiger partial charge in [-0.2, -0.15) is 0 Å². The fourth-order valence-corrected chi connectivity index (χ4v) is 8.17. The second-order valence-electron chi connectivity index (χ2n) is 14.3. The van der Waals surface area contributed by atoms with Gasteiger partial charge in [0.25, 0.3) is 0 Å². The summed E-state index contributed by atoms with van der Waals surface area (Å²) in [4.78, 5) is 18.8. The maximum absolute atomic E-state index is 7.51. The highest BCUT2D eigenvalue weighted by atomic mass is 16.5. The van der Waals surface area contributed by atoms with Gasteiger partial charge in [-0.25, -0.2) is 19.8 Å². The Balaban J connectivity index is 1.12. The fourth-order valence-electron chi connectivity index (χ4n) is 8.17. The first-order valence-electron chi connectivity index (χ1n) is 19.2. The predicted molar refractivity (Wildman–Crippen MR) is 232 cm³/mol. The normalized spacial score (nSPS) is 12.4. The number of para-hydroxylation sites is 1. The number of hydrogen-bond acceptors (Lipinski definition) is 4. The van der Waals surface area contributed by atoms with E-state index in [9.17, 15) is 0 Å². The van der Waals surface area contributed by atoms with Crippen LogP contribution in [0.3, 0.4) is 0 Å². The molecule has 10 rings (SSSR count). The number of ether oxygens (including phenoxy) is 1. The molecule has 0 amide bonds. The summed E-state index contributed by atoms with van der Waals surface area (Å²) in [6.07, 6.45) is 0. The molecule has 0 aliphatic carbocycles. The number of nitrogens with zero attached hydrogens (tertiary/aromatic N) is 4. The van der Waals surface area contributed by atoms with Crippen molar-refractivity contribution in [3.05, 3.63) is 240 Å². The Labute approximate surface area is 337 Å². The van der Waals surface area contributed by atoms with Crippen LogP contribution < -0.4 is 4.74 Å². The van der Waals surface area contributed by atoms with E-state index in [1.165, 1.54) is 11.1 Å². The van der Waals surface area contributed by atoms with Crippen LogP contribution in [0.1, 0.15) is 22.3 Å². The van der Waals surface area contributed by atoms with Crippen LogP contribution in [0, 0.1) is 6.57 Å². The Morgan fingerprint density at radius 1 is 0.362 bits per heavy atom. The minimum absolute atomic E-state index is 0.567. The standard InChI is InChI=1S/C53H34N4O/c1-54-45-27-15-20-39(34-45)37-18-13-21-41(32-37)51-55-50(36-16-5-2-6-17-36)56-52(57-51)42-22-14-19-38(33-42)40-30-31-49-47(35-40)53(43-23-7-3-8-24-43,44-25-9-4-10-26-44)46-28-11-12-29-48(46)58-49/h2-35H. The molecular formula is C53H34N4O. The van der Waals surface area contributed by atoms with Crippen LogP contribution in [0.15, 0.2) is 206 Å². The summed E-state index contributed by atoms with van der Waals surface area (Å²) in [7, 11) is 0. The molecule has 8 aromatic carbocycles. The predicted octanol–water partition coefficient (Wildman–Crippen LogP) is 13.2. The average molecular weight is 743 g/mol. The zero-order chi connectivity index (χ0) is 38.9. The van der Waals surface area contributed by atoms with E-state index in [0.29, 0.717) is 23.2 Å². The van der Waals surface area contributed by atoms with Crippen molar-refractivity contribution >= 4 is 5.69 Å². The topological polar surface area (TPSA) is 52.3 Å². The molecule has 0 radical (unpaired) electrons. The van der Waals surface area contributed by atoms with Gasteiger partial charge in [0.1, 0.15) is 11.5 Å². The molecule has 1 aliphatic heterocycles. The van der Waals surface area contributed by atoms with Crippen LogP contribution in [-0.4, -0.2) is 15.0 Å². The summed E-state index contributed by atoms with van der Waals surface area (Å²) in [5.41, 5.74) is 11.1. The Morgan fingerprint density at radius 3 is 1.41 bits per heavy atom. The number of rotatable bonds is 7. The first-order valence-corrected chi connectivity index (χ1v) is 19.2. The fraction of sp³-hybridized carbons (Fsp3) is 0.0189. The summed E-state index contributed by atoms with van der Waals surface area (Å²) in [6, 6.07) is 70.6. The molecule has 0 bridgehead atoms. The van der Waals surface area contributed by atoms with Crippen molar-refractivity contribution in [2.45, 2.75) is 5.41 Å². The van der Waals surface area contributed by atoms with E-state index < -0.39 is 5.41 Å². The summed E-state index contributed by atoms with van der Waals surface area (Å²) < 4.78 is 6.68. The number of fused-ring (bicyclic) bond motifs is 2. The van der Waals surface area contributed by atoms with Crippen LogP contribution in [0.25, 0.3) is 61.3 Å². The van der Waals surface area contributed by atoms with E-state index >= 15 is 0 Å². The lowest BCUT2D eigenvalue weighted by Crippen LogP contribution is -2.34. The SMILES string of the molecule is [C-]#[N+]c1cccc(-c2cccc(-c3nc(-c4ccccc4)nc(-c4cccc(-c5ccc6c(c5)C(c5ccccc5)(c5ccccc5)c5ccccc5O6)c4)n3)c2)c1. The Kier molecular flexibility index (Phi) is 8.70. The molecule has 5 heteroatoms. The molecule has 58 heavy (non-hydrogen) atoms. The summed E-state index contributed by atoms with van der Waals surface area (Å²) >= 11 is 0. The van der Waals surface area contributed by atoms with Crippen LogP contribution in [-0.2, 0) is 5.41 Å².